The van der Waals surface area contributed by atoms with Crippen LogP contribution in [-0.2, 0) is 6.61 Å². The molecule has 0 spiro atoms. The lowest BCUT2D eigenvalue weighted by Crippen LogP contribution is -1.97. The van der Waals surface area contributed by atoms with Crippen molar-refractivity contribution in [2.75, 3.05) is 0 Å². The summed E-state index contributed by atoms with van der Waals surface area (Å²) in [6.45, 7) is 0.332. The van der Waals surface area contributed by atoms with Crippen LogP contribution in [0.5, 0.6) is 5.75 Å². The maximum absolute atomic E-state index is 5.89. The molecule has 0 saturated heterocycles. The van der Waals surface area contributed by atoms with Crippen molar-refractivity contribution in [3.05, 3.63) is 77.6 Å². The molecule has 1 heterocycles. The monoisotopic (exact) mass is 335 g/mol. The predicted molar refractivity (Wildman–Crippen MR) is 95.1 cm³/mol. The molecule has 4 aromatic rings. The van der Waals surface area contributed by atoms with Crippen LogP contribution in [0, 0.1) is 0 Å². The Hall–Kier alpha value is -2.85. The zero-order chi connectivity index (χ0) is 16.4. The van der Waals surface area contributed by atoms with Crippen LogP contribution in [0.4, 0.5) is 0 Å². The van der Waals surface area contributed by atoms with Crippen molar-refractivity contribution < 1.29 is 4.74 Å². The number of benzene rings is 3. The Morgan fingerprint density at radius 1 is 0.917 bits per heavy atom. The number of hydrogen-bond donors (Lipinski definition) is 1. The van der Waals surface area contributed by atoms with E-state index in [0.717, 1.165) is 16.7 Å². The molecule has 0 aliphatic rings. The highest BCUT2D eigenvalue weighted by Crippen LogP contribution is 2.22. The van der Waals surface area contributed by atoms with Crippen LogP contribution in [0.25, 0.3) is 22.2 Å². The van der Waals surface area contributed by atoms with Crippen molar-refractivity contribution in [1.29, 1.82) is 0 Å². The average Bonchev–Trinajstić information content (AvgIpc) is 3.09. The zero-order valence-electron chi connectivity index (χ0n) is 12.7. The Morgan fingerprint density at radius 2 is 1.71 bits per heavy atom. The molecular weight excluding hydrogens is 322 g/mol. The summed E-state index contributed by atoms with van der Waals surface area (Å²) in [4.78, 5) is 4.45. The molecule has 4 nitrogen and oxygen atoms in total. The van der Waals surface area contributed by atoms with Crippen molar-refractivity contribution in [3.63, 3.8) is 0 Å². The molecular formula is C19H14ClN3O. The second kappa shape index (κ2) is 6.34. The number of aromatic amines is 1. The molecule has 0 aliphatic heterocycles. The first-order chi connectivity index (χ1) is 11.8. The Bertz CT molecular complexity index is 979. The van der Waals surface area contributed by atoms with E-state index < -0.39 is 0 Å². The molecule has 0 fully saturated rings. The third kappa shape index (κ3) is 3.09. The van der Waals surface area contributed by atoms with Gasteiger partial charge in [0.25, 0.3) is 0 Å². The third-order valence-corrected chi connectivity index (χ3v) is 3.98. The van der Waals surface area contributed by atoms with Crippen molar-refractivity contribution in [2.45, 2.75) is 6.61 Å². The molecule has 5 heteroatoms. The summed E-state index contributed by atoms with van der Waals surface area (Å²) in [7, 11) is 0. The number of rotatable bonds is 4. The quantitative estimate of drug-likeness (QED) is 0.579. The van der Waals surface area contributed by atoms with Gasteiger partial charge in [0, 0.05) is 10.6 Å². The fraction of sp³-hybridized carbons (Fsp3) is 0.0526. The van der Waals surface area contributed by atoms with Crippen LogP contribution in [0.15, 0.2) is 66.7 Å². The van der Waals surface area contributed by atoms with E-state index in [-0.39, 0.29) is 0 Å². The largest absolute Gasteiger partial charge is 0.486 e. The van der Waals surface area contributed by atoms with Gasteiger partial charge in [-0.25, -0.2) is 4.98 Å². The first kappa shape index (κ1) is 14.7. The van der Waals surface area contributed by atoms with Gasteiger partial charge in [-0.1, -0.05) is 41.9 Å². The van der Waals surface area contributed by atoms with Crippen LogP contribution in [0.1, 0.15) is 5.82 Å². The van der Waals surface area contributed by atoms with Gasteiger partial charge in [0.1, 0.15) is 12.4 Å². The lowest BCUT2D eigenvalue weighted by atomic mass is 10.1. The molecule has 0 radical (unpaired) electrons. The van der Waals surface area contributed by atoms with Gasteiger partial charge < -0.3 is 4.74 Å². The molecule has 0 atom stereocenters. The minimum Gasteiger partial charge on any atom is -0.486 e. The number of hydrogen-bond acceptors (Lipinski definition) is 3. The molecule has 0 saturated carbocycles. The molecule has 0 amide bonds. The lowest BCUT2D eigenvalue weighted by molar-refractivity contribution is 0.297. The third-order valence-electron chi connectivity index (χ3n) is 3.73. The zero-order valence-corrected chi connectivity index (χ0v) is 13.5. The second-order valence-electron chi connectivity index (χ2n) is 5.41. The SMILES string of the molecule is Clc1ccc(-c2n[nH]c(COc3ccc4ccccc4c3)n2)cc1. The van der Waals surface area contributed by atoms with Crippen molar-refractivity contribution in [2.24, 2.45) is 0 Å². The topological polar surface area (TPSA) is 50.8 Å². The van der Waals surface area contributed by atoms with Gasteiger partial charge in [0.2, 0.25) is 0 Å². The Labute approximate surface area is 144 Å². The summed E-state index contributed by atoms with van der Waals surface area (Å²) in [5.74, 6) is 2.11. The molecule has 3 aromatic carbocycles. The summed E-state index contributed by atoms with van der Waals surface area (Å²) < 4.78 is 5.81. The number of nitrogens with zero attached hydrogens (tertiary/aromatic N) is 2. The summed E-state index contributed by atoms with van der Waals surface area (Å²) in [6, 6.07) is 21.6. The molecule has 118 valence electrons. The van der Waals surface area contributed by atoms with Crippen LogP contribution >= 0.6 is 11.6 Å². The van der Waals surface area contributed by atoms with E-state index in [1.54, 1.807) is 0 Å². The van der Waals surface area contributed by atoms with Gasteiger partial charge in [0.15, 0.2) is 11.6 Å². The van der Waals surface area contributed by atoms with Crippen molar-refractivity contribution in [1.82, 2.24) is 15.2 Å². The predicted octanol–water partition coefficient (Wildman–Crippen LogP) is 4.86. The average molecular weight is 336 g/mol. The highest BCUT2D eigenvalue weighted by molar-refractivity contribution is 6.30. The Balaban J connectivity index is 1.48. The van der Waals surface area contributed by atoms with E-state index in [4.69, 9.17) is 16.3 Å². The highest BCUT2D eigenvalue weighted by atomic mass is 35.5. The van der Waals surface area contributed by atoms with Gasteiger partial charge in [0.05, 0.1) is 0 Å². The smallest absolute Gasteiger partial charge is 0.181 e. The van der Waals surface area contributed by atoms with E-state index >= 15 is 0 Å². The Morgan fingerprint density at radius 3 is 2.54 bits per heavy atom. The molecule has 24 heavy (non-hydrogen) atoms. The molecule has 0 bridgehead atoms. The summed E-state index contributed by atoms with van der Waals surface area (Å²) in [5.41, 5.74) is 0.910. The second-order valence-corrected chi connectivity index (χ2v) is 5.85. The highest BCUT2D eigenvalue weighted by Gasteiger charge is 2.07. The molecule has 4 rings (SSSR count). The van der Waals surface area contributed by atoms with Gasteiger partial charge in [-0.3, -0.25) is 5.10 Å². The number of fused-ring (bicyclic) bond motifs is 1. The van der Waals surface area contributed by atoms with Crippen LogP contribution in [0.2, 0.25) is 5.02 Å². The fourth-order valence-electron chi connectivity index (χ4n) is 2.50. The van der Waals surface area contributed by atoms with Gasteiger partial charge in [-0.2, -0.15) is 5.10 Å². The molecule has 1 N–H and O–H groups in total. The lowest BCUT2D eigenvalue weighted by Gasteiger charge is -2.05. The number of H-pyrrole nitrogens is 1. The fourth-order valence-corrected chi connectivity index (χ4v) is 2.62. The number of halogens is 1. The first-order valence-electron chi connectivity index (χ1n) is 7.57. The minimum absolute atomic E-state index is 0.332. The molecule has 0 aliphatic carbocycles. The van der Waals surface area contributed by atoms with E-state index in [0.29, 0.717) is 23.3 Å². The number of nitrogens with one attached hydrogen (secondary N) is 1. The van der Waals surface area contributed by atoms with Crippen LogP contribution in [-0.4, -0.2) is 15.2 Å². The number of ether oxygens (including phenoxy) is 1. The summed E-state index contributed by atoms with van der Waals surface area (Å²) in [6.07, 6.45) is 0. The van der Waals surface area contributed by atoms with Crippen LogP contribution in [0.3, 0.4) is 0 Å². The Kier molecular flexibility index (Phi) is 3.89. The normalized spacial score (nSPS) is 10.9. The standard InChI is InChI=1S/C19H14ClN3O/c20-16-8-5-14(6-9-16)19-21-18(22-23-19)12-24-17-10-7-13-3-1-2-4-15(13)11-17/h1-11H,12H2,(H,21,22,23). The van der Waals surface area contributed by atoms with Crippen molar-refractivity contribution in [3.8, 4) is 17.1 Å². The summed E-state index contributed by atoms with van der Waals surface area (Å²) >= 11 is 5.89. The van der Waals surface area contributed by atoms with E-state index in [1.807, 2.05) is 54.6 Å². The maximum atomic E-state index is 5.89. The molecule has 0 unspecified atom stereocenters. The number of aromatic nitrogens is 3. The van der Waals surface area contributed by atoms with E-state index in [2.05, 4.69) is 27.3 Å². The van der Waals surface area contributed by atoms with Crippen LogP contribution < -0.4 is 4.74 Å². The first-order valence-corrected chi connectivity index (χ1v) is 7.94. The van der Waals surface area contributed by atoms with E-state index in [9.17, 15) is 0 Å². The summed E-state index contributed by atoms with van der Waals surface area (Å²) in [5, 5.41) is 10.2. The van der Waals surface area contributed by atoms with Gasteiger partial charge in [-0.15, -0.1) is 0 Å². The maximum Gasteiger partial charge on any atom is 0.181 e. The van der Waals surface area contributed by atoms with Gasteiger partial charge in [-0.05, 0) is 47.2 Å². The van der Waals surface area contributed by atoms with Gasteiger partial charge >= 0.3 is 0 Å². The molecule has 1 aromatic heterocycles. The van der Waals surface area contributed by atoms with E-state index in [1.165, 1.54) is 5.39 Å². The minimum atomic E-state index is 0.332. The van der Waals surface area contributed by atoms with Crippen molar-refractivity contribution >= 4 is 22.4 Å².